The minimum atomic E-state index is -0.197. The zero-order chi connectivity index (χ0) is 10.8. The minimum absolute atomic E-state index is 0.0618. The number of halogens is 1. The van der Waals surface area contributed by atoms with Crippen LogP contribution in [-0.4, -0.2) is 6.54 Å². The molecule has 2 heteroatoms. The quantitative estimate of drug-likeness (QED) is 0.788. The lowest BCUT2D eigenvalue weighted by atomic mass is 9.73. The van der Waals surface area contributed by atoms with Crippen molar-refractivity contribution in [2.75, 3.05) is 6.54 Å². The van der Waals surface area contributed by atoms with Crippen molar-refractivity contribution >= 4 is 0 Å². The van der Waals surface area contributed by atoms with E-state index in [1.54, 1.807) is 0 Å². The molecule has 1 aromatic carbocycles. The lowest BCUT2D eigenvalue weighted by Crippen LogP contribution is -2.36. The Hall–Kier alpha value is -0.890. The molecule has 0 bridgehead atoms. The predicted octanol–water partition coefficient (Wildman–Crippen LogP) is 2.70. The molecule has 14 heavy (non-hydrogen) atoms. The van der Waals surface area contributed by atoms with E-state index in [0.29, 0.717) is 12.5 Å². The molecule has 1 aromatic rings. The third kappa shape index (κ3) is 1.95. The highest BCUT2D eigenvalue weighted by atomic mass is 19.1. The van der Waals surface area contributed by atoms with E-state index in [2.05, 4.69) is 20.8 Å². The van der Waals surface area contributed by atoms with Gasteiger partial charge in [0, 0.05) is 12.0 Å². The minimum Gasteiger partial charge on any atom is -0.330 e. The maximum Gasteiger partial charge on any atom is 0.123 e. The van der Waals surface area contributed by atoms with Crippen LogP contribution in [0.5, 0.6) is 0 Å². The van der Waals surface area contributed by atoms with Crippen molar-refractivity contribution in [3.63, 3.8) is 0 Å². The van der Waals surface area contributed by atoms with Crippen LogP contribution in [0.3, 0.4) is 0 Å². The Labute approximate surface area is 85.1 Å². The van der Waals surface area contributed by atoms with Crippen molar-refractivity contribution in [2.24, 2.45) is 11.7 Å². The van der Waals surface area contributed by atoms with Crippen LogP contribution in [0.2, 0.25) is 0 Å². The lowest BCUT2D eigenvalue weighted by Gasteiger charge is -2.33. The van der Waals surface area contributed by atoms with Crippen LogP contribution in [0.15, 0.2) is 24.3 Å². The SMILES string of the molecule is CC(C)C(C)(CN)c1ccc(F)cc1. The van der Waals surface area contributed by atoms with Crippen molar-refractivity contribution in [2.45, 2.75) is 26.2 Å². The van der Waals surface area contributed by atoms with E-state index in [1.807, 2.05) is 12.1 Å². The highest BCUT2D eigenvalue weighted by molar-refractivity contribution is 5.26. The molecule has 78 valence electrons. The fourth-order valence-electron chi connectivity index (χ4n) is 1.52. The Kier molecular flexibility index (Phi) is 3.27. The largest absolute Gasteiger partial charge is 0.330 e. The summed E-state index contributed by atoms with van der Waals surface area (Å²) >= 11 is 0. The van der Waals surface area contributed by atoms with Gasteiger partial charge in [-0.25, -0.2) is 4.39 Å². The van der Waals surface area contributed by atoms with Crippen LogP contribution in [0, 0.1) is 11.7 Å². The van der Waals surface area contributed by atoms with Crippen molar-refractivity contribution in [1.82, 2.24) is 0 Å². The van der Waals surface area contributed by atoms with Crippen molar-refractivity contribution in [3.05, 3.63) is 35.6 Å². The fourth-order valence-corrected chi connectivity index (χ4v) is 1.52. The van der Waals surface area contributed by atoms with Crippen molar-refractivity contribution in [1.29, 1.82) is 0 Å². The summed E-state index contributed by atoms with van der Waals surface area (Å²) in [7, 11) is 0. The number of hydrogen-bond acceptors (Lipinski definition) is 1. The molecule has 2 N–H and O–H groups in total. The monoisotopic (exact) mass is 195 g/mol. The van der Waals surface area contributed by atoms with Crippen LogP contribution in [-0.2, 0) is 5.41 Å². The summed E-state index contributed by atoms with van der Waals surface area (Å²) in [5.74, 6) is 0.245. The molecule has 0 aliphatic carbocycles. The maximum atomic E-state index is 12.7. The molecular formula is C12H18FN. The molecule has 0 saturated heterocycles. The van der Waals surface area contributed by atoms with Crippen molar-refractivity contribution < 1.29 is 4.39 Å². The van der Waals surface area contributed by atoms with Gasteiger partial charge < -0.3 is 5.73 Å². The number of rotatable bonds is 3. The van der Waals surface area contributed by atoms with E-state index >= 15 is 0 Å². The summed E-state index contributed by atoms with van der Waals surface area (Å²) in [5.41, 5.74) is 6.83. The van der Waals surface area contributed by atoms with Crippen LogP contribution in [0.25, 0.3) is 0 Å². The average Bonchev–Trinajstić information content (AvgIpc) is 2.17. The molecule has 0 radical (unpaired) electrons. The fraction of sp³-hybridized carbons (Fsp3) is 0.500. The summed E-state index contributed by atoms with van der Waals surface area (Å²) < 4.78 is 12.7. The van der Waals surface area contributed by atoms with Gasteiger partial charge in [-0.15, -0.1) is 0 Å². The van der Waals surface area contributed by atoms with Gasteiger partial charge in [-0.3, -0.25) is 0 Å². The highest BCUT2D eigenvalue weighted by Crippen LogP contribution is 2.30. The Morgan fingerprint density at radius 2 is 1.79 bits per heavy atom. The standard InChI is InChI=1S/C12H18FN/c1-9(2)12(3,8-14)10-4-6-11(13)7-5-10/h4-7,9H,8,14H2,1-3H3. The molecule has 1 rings (SSSR count). The van der Waals surface area contributed by atoms with Gasteiger partial charge in [-0.05, 0) is 23.6 Å². The maximum absolute atomic E-state index is 12.7. The molecule has 0 fully saturated rings. The second-order valence-corrected chi connectivity index (χ2v) is 4.28. The van der Waals surface area contributed by atoms with E-state index in [0.717, 1.165) is 5.56 Å². The first-order valence-corrected chi connectivity index (χ1v) is 4.97. The first kappa shape index (κ1) is 11.2. The first-order valence-electron chi connectivity index (χ1n) is 4.97. The van der Waals surface area contributed by atoms with E-state index < -0.39 is 0 Å². The first-order chi connectivity index (χ1) is 6.50. The molecule has 0 amide bonds. The van der Waals surface area contributed by atoms with E-state index in [-0.39, 0.29) is 11.2 Å². The van der Waals surface area contributed by atoms with Crippen LogP contribution >= 0.6 is 0 Å². The van der Waals surface area contributed by atoms with E-state index in [4.69, 9.17) is 5.73 Å². The van der Waals surface area contributed by atoms with Crippen molar-refractivity contribution in [3.8, 4) is 0 Å². The number of hydrogen-bond donors (Lipinski definition) is 1. The Morgan fingerprint density at radius 1 is 1.29 bits per heavy atom. The van der Waals surface area contributed by atoms with Gasteiger partial charge in [0.25, 0.3) is 0 Å². The number of benzene rings is 1. The third-order valence-corrected chi connectivity index (χ3v) is 3.20. The second kappa shape index (κ2) is 4.09. The van der Waals surface area contributed by atoms with E-state index in [9.17, 15) is 4.39 Å². The molecule has 0 spiro atoms. The Balaban J connectivity index is 3.06. The summed E-state index contributed by atoms with van der Waals surface area (Å²) in [5, 5.41) is 0. The Morgan fingerprint density at radius 3 is 2.14 bits per heavy atom. The zero-order valence-electron chi connectivity index (χ0n) is 9.05. The highest BCUT2D eigenvalue weighted by Gasteiger charge is 2.28. The lowest BCUT2D eigenvalue weighted by molar-refractivity contribution is 0.347. The summed E-state index contributed by atoms with van der Waals surface area (Å²) in [4.78, 5) is 0. The molecule has 0 aromatic heterocycles. The van der Waals surface area contributed by atoms with E-state index in [1.165, 1.54) is 12.1 Å². The van der Waals surface area contributed by atoms with Gasteiger partial charge >= 0.3 is 0 Å². The average molecular weight is 195 g/mol. The van der Waals surface area contributed by atoms with Gasteiger partial charge in [-0.1, -0.05) is 32.9 Å². The predicted molar refractivity (Wildman–Crippen MR) is 57.6 cm³/mol. The smallest absolute Gasteiger partial charge is 0.123 e. The molecule has 1 atom stereocenters. The van der Waals surface area contributed by atoms with Crippen LogP contribution in [0.1, 0.15) is 26.3 Å². The van der Waals surface area contributed by atoms with Gasteiger partial charge in [0.05, 0.1) is 0 Å². The normalized spacial score (nSPS) is 15.6. The molecular weight excluding hydrogens is 177 g/mol. The third-order valence-electron chi connectivity index (χ3n) is 3.20. The van der Waals surface area contributed by atoms with Gasteiger partial charge in [0.2, 0.25) is 0 Å². The number of nitrogens with two attached hydrogens (primary N) is 1. The molecule has 0 heterocycles. The van der Waals surface area contributed by atoms with Crippen LogP contribution < -0.4 is 5.73 Å². The summed E-state index contributed by atoms with van der Waals surface area (Å²) in [6, 6.07) is 6.63. The summed E-state index contributed by atoms with van der Waals surface area (Å²) in [6.07, 6.45) is 0. The molecule has 1 unspecified atom stereocenters. The summed E-state index contributed by atoms with van der Waals surface area (Å²) in [6.45, 7) is 6.97. The van der Waals surface area contributed by atoms with Gasteiger partial charge in [0.15, 0.2) is 0 Å². The topological polar surface area (TPSA) is 26.0 Å². The Bertz CT molecular complexity index is 292. The van der Waals surface area contributed by atoms with Gasteiger partial charge in [-0.2, -0.15) is 0 Å². The van der Waals surface area contributed by atoms with Crippen LogP contribution in [0.4, 0.5) is 4.39 Å². The molecule has 1 nitrogen and oxygen atoms in total. The second-order valence-electron chi connectivity index (χ2n) is 4.28. The molecule has 0 aliphatic rings. The van der Waals surface area contributed by atoms with Gasteiger partial charge in [0.1, 0.15) is 5.82 Å². The molecule has 0 saturated carbocycles. The molecule has 0 aliphatic heterocycles. The zero-order valence-corrected chi connectivity index (χ0v) is 9.05.